The van der Waals surface area contributed by atoms with Gasteiger partial charge in [-0.15, -0.1) is 0 Å². The van der Waals surface area contributed by atoms with Crippen LogP contribution in [0.25, 0.3) is 0 Å². The number of cyclic esters (lactones) is 2. The zero-order chi connectivity index (χ0) is 16.7. The second kappa shape index (κ2) is 8.69. The highest BCUT2D eigenvalue weighted by Gasteiger charge is 2.32. The Morgan fingerprint density at radius 3 is 2.70 bits per heavy atom. The molecule has 0 radical (unpaired) electrons. The second-order valence-corrected chi connectivity index (χ2v) is 5.73. The molecule has 1 saturated heterocycles. The van der Waals surface area contributed by atoms with Crippen LogP contribution in [-0.2, 0) is 30.1 Å². The smallest absolute Gasteiger partial charge is 0.309 e. The summed E-state index contributed by atoms with van der Waals surface area (Å²) in [7, 11) is 0.0820. The van der Waals surface area contributed by atoms with E-state index in [1.165, 1.54) is 0 Å². The molecule has 124 valence electrons. The fraction of sp³-hybridized carbons (Fsp3) is 0.500. The highest BCUT2D eigenvalue weighted by molar-refractivity contribution is 6.37. The van der Waals surface area contributed by atoms with Crippen molar-refractivity contribution in [3.8, 4) is 0 Å². The third-order valence-corrected chi connectivity index (χ3v) is 3.79. The molecule has 0 saturated carbocycles. The Hall–Kier alpha value is -1.86. The number of rotatable bonds is 5. The minimum Gasteiger partial charge on any atom is -0.465 e. The van der Waals surface area contributed by atoms with Gasteiger partial charge in [0, 0.05) is 0 Å². The van der Waals surface area contributed by atoms with E-state index in [9.17, 15) is 9.59 Å². The van der Waals surface area contributed by atoms with E-state index in [1.54, 1.807) is 6.92 Å². The number of hydrogen-bond donors (Lipinski definition) is 1. The van der Waals surface area contributed by atoms with Crippen LogP contribution < -0.4 is 5.73 Å². The van der Waals surface area contributed by atoms with Crippen LogP contribution in [0.2, 0.25) is 5.82 Å². The summed E-state index contributed by atoms with van der Waals surface area (Å²) in [5, 5.41) is 0. The molecular formula is C16H22BNO5. The van der Waals surface area contributed by atoms with Gasteiger partial charge in [0.1, 0.15) is 6.61 Å². The van der Waals surface area contributed by atoms with Gasteiger partial charge in [0.15, 0.2) is 0 Å². The summed E-state index contributed by atoms with van der Waals surface area (Å²) in [5.74, 6) is -1.70. The lowest BCUT2D eigenvalue weighted by Gasteiger charge is -2.18. The minimum atomic E-state index is -0.638. The molecule has 1 heterocycles. The van der Waals surface area contributed by atoms with Crippen molar-refractivity contribution in [2.45, 2.75) is 31.7 Å². The van der Waals surface area contributed by atoms with E-state index in [2.05, 4.69) is 0 Å². The van der Waals surface area contributed by atoms with Crippen LogP contribution in [-0.4, -0.2) is 38.9 Å². The Labute approximate surface area is 136 Å². The fourth-order valence-electron chi connectivity index (χ4n) is 2.60. The van der Waals surface area contributed by atoms with Crippen molar-refractivity contribution < 1.29 is 23.7 Å². The molecule has 6 nitrogen and oxygen atoms in total. The number of carbonyl (C=O) groups excluding carboxylic acids is 2. The lowest BCUT2D eigenvalue weighted by atomic mass is 9.80. The van der Waals surface area contributed by atoms with E-state index in [0.29, 0.717) is 12.8 Å². The van der Waals surface area contributed by atoms with Crippen molar-refractivity contribution in [2.75, 3.05) is 13.3 Å². The van der Waals surface area contributed by atoms with Crippen LogP contribution in [0.4, 0.5) is 0 Å². The first-order valence-electron chi connectivity index (χ1n) is 7.79. The molecule has 0 amide bonds. The summed E-state index contributed by atoms with van der Waals surface area (Å²) in [6.45, 7) is 1.74. The second-order valence-electron chi connectivity index (χ2n) is 5.73. The van der Waals surface area contributed by atoms with Crippen LogP contribution in [0.15, 0.2) is 30.3 Å². The average molecular weight is 319 g/mol. The maximum absolute atomic E-state index is 12.3. The molecule has 1 aromatic rings. The molecule has 0 aliphatic carbocycles. The zero-order valence-corrected chi connectivity index (χ0v) is 13.3. The Morgan fingerprint density at radius 2 is 2.00 bits per heavy atom. The van der Waals surface area contributed by atoms with E-state index >= 15 is 0 Å². The van der Waals surface area contributed by atoms with Gasteiger partial charge in [-0.3, -0.25) is 9.59 Å². The number of hydrogen-bond acceptors (Lipinski definition) is 6. The number of nitrogens with two attached hydrogens (primary N) is 1. The molecule has 0 aromatic heterocycles. The van der Waals surface area contributed by atoms with Crippen LogP contribution in [0.3, 0.4) is 0 Å². The quantitative estimate of drug-likeness (QED) is 0.491. The van der Waals surface area contributed by atoms with Gasteiger partial charge in [0.2, 0.25) is 0 Å². The summed E-state index contributed by atoms with van der Waals surface area (Å²) < 4.78 is 15.8. The number of carbonyl (C=O) groups is 2. The number of esters is 2. The van der Waals surface area contributed by atoms with Crippen LogP contribution in [0.1, 0.15) is 18.9 Å². The van der Waals surface area contributed by atoms with Crippen LogP contribution in [0.5, 0.6) is 0 Å². The van der Waals surface area contributed by atoms with Crippen molar-refractivity contribution >= 4 is 19.4 Å². The SMILES string of the molecule is C[C@H]1C[C@@H](Cc2ccccc2)C(=O)OC[C@H](BOCN)C(=O)O1. The van der Waals surface area contributed by atoms with Gasteiger partial charge < -0.3 is 19.9 Å². The van der Waals surface area contributed by atoms with Gasteiger partial charge >= 0.3 is 11.9 Å². The van der Waals surface area contributed by atoms with Crippen LogP contribution >= 0.6 is 0 Å². The van der Waals surface area contributed by atoms with Gasteiger partial charge in [-0.1, -0.05) is 30.3 Å². The molecule has 1 aromatic carbocycles. The molecule has 23 heavy (non-hydrogen) atoms. The van der Waals surface area contributed by atoms with Gasteiger partial charge in [0.05, 0.1) is 24.6 Å². The highest BCUT2D eigenvalue weighted by atomic mass is 16.6. The summed E-state index contributed by atoms with van der Waals surface area (Å²) >= 11 is 0. The van der Waals surface area contributed by atoms with Gasteiger partial charge in [-0.05, 0) is 25.3 Å². The molecule has 1 aliphatic rings. The van der Waals surface area contributed by atoms with Crippen LogP contribution in [0, 0.1) is 5.92 Å². The van der Waals surface area contributed by atoms with Gasteiger partial charge in [0.25, 0.3) is 7.48 Å². The normalized spacial score (nSPS) is 25.6. The highest BCUT2D eigenvalue weighted by Crippen LogP contribution is 2.22. The molecule has 2 rings (SSSR count). The van der Waals surface area contributed by atoms with Crippen molar-refractivity contribution in [1.82, 2.24) is 0 Å². The van der Waals surface area contributed by atoms with E-state index in [1.807, 2.05) is 30.3 Å². The predicted octanol–water partition coefficient (Wildman–Crippen LogP) is 0.797. The predicted molar refractivity (Wildman–Crippen MR) is 85.8 cm³/mol. The summed E-state index contributed by atoms with van der Waals surface area (Å²) in [4.78, 5) is 24.4. The average Bonchev–Trinajstić information content (AvgIpc) is 2.58. The first-order chi connectivity index (χ1) is 11.1. The van der Waals surface area contributed by atoms with E-state index in [0.717, 1.165) is 5.56 Å². The number of ether oxygens (including phenoxy) is 2. The maximum Gasteiger partial charge on any atom is 0.309 e. The standard InChI is InChI=1S/C16H22BNO5/c1-11-7-13(8-12-5-3-2-4-6-12)15(19)21-9-14(16(20)23-11)17-22-10-18/h2-6,11,13-14,17H,7-10,18H2,1H3/t11-,13-,14-/m0/s1. The van der Waals surface area contributed by atoms with E-state index < -0.39 is 11.8 Å². The van der Waals surface area contributed by atoms with Crippen molar-refractivity contribution in [1.29, 1.82) is 0 Å². The largest absolute Gasteiger partial charge is 0.465 e. The third-order valence-electron chi connectivity index (χ3n) is 3.79. The monoisotopic (exact) mass is 319 g/mol. The Morgan fingerprint density at radius 1 is 1.26 bits per heavy atom. The topological polar surface area (TPSA) is 87.9 Å². The molecule has 1 fully saturated rings. The molecular weight excluding hydrogens is 297 g/mol. The Balaban J connectivity index is 2.05. The fourth-order valence-corrected chi connectivity index (χ4v) is 2.60. The molecule has 3 atom stereocenters. The molecule has 0 unspecified atom stereocenters. The lowest BCUT2D eigenvalue weighted by molar-refractivity contribution is -0.149. The summed E-state index contributed by atoms with van der Waals surface area (Å²) in [5.41, 5.74) is 6.32. The first-order valence-corrected chi connectivity index (χ1v) is 7.79. The van der Waals surface area contributed by atoms with Gasteiger partial charge in [-0.2, -0.15) is 0 Å². The first kappa shape index (κ1) is 17.5. The Bertz CT molecular complexity index is 524. The minimum absolute atomic E-state index is 0.00388. The Kier molecular flexibility index (Phi) is 6.61. The van der Waals surface area contributed by atoms with Crippen molar-refractivity contribution in [3.63, 3.8) is 0 Å². The molecule has 0 spiro atoms. The van der Waals surface area contributed by atoms with Crippen molar-refractivity contribution in [2.24, 2.45) is 11.7 Å². The molecule has 2 N–H and O–H groups in total. The lowest BCUT2D eigenvalue weighted by Crippen LogP contribution is -2.27. The molecule has 1 aliphatic heterocycles. The van der Waals surface area contributed by atoms with Crippen molar-refractivity contribution in [3.05, 3.63) is 35.9 Å². The molecule has 7 heteroatoms. The summed E-state index contributed by atoms with van der Waals surface area (Å²) in [6, 6.07) is 9.72. The zero-order valence-electron chi connectivity index (χ0n) is 13.3. The van der Waals surface area contributed by atoms with E-state index in [4.69, 9.17) is 19.9 Å². The number of benzene rings is 1. The van der Waals surface area contributed by atoms with E-state index in [-0.39, 0.29) is 38.8 Å². The molecule has 0 bridgehead atoms. The van der Waals surface area contributed by atoms with Gasteiger partial charge in [-0.25, -0.2) is 0 Å². The third kappa shape index (κ3) is 5.37. The maximum atomic E-state index is 12.3. The summed E-state index contributed by atoms with van der Waals surface area (Å²) in [6.07, 6.45) is 0.636.